The van der Waals surface area contributed by atoms with Crippen molar-refractivity contribution in [2.45, 2.75) is 44.0 Å². The lowest BCUT2D eigenvalue weighted by Gasteiger charge is -2.32. The molecule has 1 atom stereocenters. The van der Waals surface area contributed by atoms with Gasteiger partial charge in [0, 0.05) is 24.8 Å². The number of fused-ring (bicyclic) bond motifs is 1. The zero-order valence-corrected chi connectivity index (χ0v) is 18.8. The SMILES string of the molecule is CCN(CC)S(=O)(=O)c1cccc(NC(=O)CN(C)C2CCCc3ccccc32)c1. The third-order valence-corrected chi connectivity index (χ3v) is 7.77. The van der Waals surface area contributed by atoms with E-state index in [0.29, 0.717) is 18.8 Å². The van der Waals surface area contributed by atoms with E-state index >= 15 is 0 Å². The van der Waals surface area contributed by atoms with Crippen LogP contribution in [0.5, 0.6) is 0 Å². The first-order valence-corrected chi connectivity index (χ1v) is 12.0. The van der Waals surface area contributed by atoms with E-state index in [0.717, 1.165) is 19.3 Å². The molecule has 0 spiro atoms. The van der Waals surface area contributed by atoms with Gasteiger partial charge in [0.25, 0.3) is 0 Å². The van der Waals surface area contributed by atoms with Crippen LogP contribution >= 0.6 is 0 Å². The minimum atomic E-state index is -3.56. The van der Waals surface area contributed by atoms with Crippen molar-refractivity contribution in [1.82, 2.24) is 9.21 Å². The molecule has 162 valence electrons. The lowest BCUT2D eigenvalue weighted by atomic mass is 9.87. The normalized spacial score (nSPS) is 16.5. The Bertz CT molecular complexity index is 987. The molecule has 0 aliphatic heterocycles. The lowest BCUT2D eigenvalue weighted by molar-refractivity contribution is -0.117. The van der Waals surface area contributed by atoms with Gasteiger partial charge in [-0.05, 0) is 55.6 Å². The molecule has 0 heterocycles. The molecule has 0 saturated heterocycles. The Kier molecular flexibility index (Phi) is 7.28. The van der Waals surface area contributed by atoms with Gasteiger partial charge in [0.05, 0.1) is 11.4 Å². The second-order valence-electron chi connectivity index (χ2n) is 7.69. The molecule has 2 aromatic carbocycles. The number of nitrogens with zero attached hydrogens (tertiary/aromatic N) is 2. The zero-order valence-electron chi connectivity index (χ0n) is 18.0. The quantitative estimate of drug-likeness (QED) is 0.695. The van der Waals surface area contributed by atoms with E-state index in [1.807, 2.05) is 27.0 Å². The summed E-state index contributed by atoms with van der Waals surface area (Å²) in [7, 11) is -1.60. The highest BCUT2D eigenvalue weighted by Gasteiger charge is 2.25. The predicted molar refractivity (Wildman–Crippen MR) is 120 cm³/mol. The van der Waals surface area contributed by atoms with Crippen molar-refractivity contribution < 1.29 is 13.2 Å². The predicted octanol–water partition coefficient (Wildman–Crippen LogP) is 3.67. The average molecular weight is 430 g/mol. The first-order valence-electron chi connectivity index (χ1n) is 10.5. The molecule has 1 aliphatic rings. The maximum atomic E-state index is 12.7. The molecule has 30 heavy (non-hydrogen) atoms. The fourth-order valence-electron chi connectivity index (χ4n) is 4.17. The third-order valence-electron chi connectivity index (χ3n) is 5.72. The van der Waals surface area contributed by atoms with Crippen LogP contribution in [-0.4, -0.2) is 50.2 Å². The standard InChI is InChI=1S/C23H31N3O3S/c1-4-26(5-2)30(28,29)20-13-9-12-19(16-20)24-23(27)17-25(3)22-15-8-11-18-10-6-7-14-21(18)22/h6-7,9-10,12-14,16,22H,4-5,8,11,15,17H2,1-3H3,(H,24,27). The molecule has 1 unspecified atom stereocenters. The summed E-state index contributed by atoms with van der Waals surface area (Å²) in [6.07, 6.45) is 3.22. The molecule has 2 aromatic rings. The molecule has 1 aliphatic carbocycles. The largest absolute Gasteiger partial charge is 0.325 e. The van der Waals surface area contributed by atoms with Crippen molar-refractivity contribution in [3.05, 3.63) is 59.7 Å². The highest BCUT2D eigenvalue weighted by Crippen LogP contribution is 2.33. The van der Waals surface area contributed by atoms with Crippen LogP contribution in [-0.2, 0) is 21.2 Å². The number of anilines is 1. The molecule has 0 bridgehead atoms. The van der Waals surface area contributed by atoms with Gasteiger partial charge in [-0.2, -0.15) is 4.31 Å². The zero-order chi connectivity index (χ0) is 21.7. The molecule has 1 amide bonds. The van der Waals surface area contributed by atoms with Gasteiger partial charge < -0.3 is 5.32 Å². The van der Waals surface area contributed by atoms with Gasteiger partial charge in [0.1, 0.15) is 0 Å². The summed E-state index contributed by atoms with van der Waals surface area (Å²) in [5.74, 6) is -0.155. The number of carbonyl (C=O) groups excluding carboxylic acids is 1. The topological polar surface area (TPSA) is 69.7 Å². The summed E-state index contributed by atoms with van der Waals surface area (Å²) in [6, 6.07) is 15.1. The first-order chi connectivity index (χ1) is 14.4. The Morgan fingerprint density at radius 1 is 1.10 bits per heavy atom. The molecule has 3 rings (SSSR count). The van der Waals surface area contributed by atoms with Crippen molar-refractivity contribution in [3.63, 3.8) is 0 Å². The molecule has 7 heteroatoms. The van der Waals surface area contributed by atoms with Crippen LogP contribution in [0.3, 0.4) is 0 Å². The van der Waals surface area contributed by atoms with Crippen LogP contribution in [0.15, 0.2) is 53.4 Å². The van der Waals surface area contributed by atoms with E-state index in [9.17, 15) is 13.2 Å². The monoisotopic (exact) mass is 429 g/mol. The van der Waals surface area contributed by atoms with Crippen LogP contribution in [0.1, 0.15) is 43.9 Å². The fourth-order valence-corrected chi connectivity index (χ4v) is 5.67. The van der Waals surface area contributed by atoms with E-state index in [2.05, 4.69) is 28.4 Å². The summed E-state index contributed by atoms with van der Waals surface area (Å²) in [4.78, 5) is 14.9. The maximum absolute atomic E-state index is 12.7. The van der Waals surface area contributed by atoms with E-state index < -0.39 is 10.0 Å². The molecular formula is C23H31N3O3S. The minimum Gasteiger partial charge on any atom is -0.325 e. The van der Waals surface area contributed by atoms with Crippen LogP contribution in [0.2, 0.25) is 0 Å². The van der Waals surface area contributed by atoms with Crippen molar-refractivity contribution in [3.8, 4) is 0 Å². The first kappa shape index (κ1) is 22.5. The summed E-state index contributed by atoms with van der Waals surface area (Å²) in [5.41, 5.74) is 3.15. The smallest absolute Gasteiger partial charge is 0.243 e. The number of nitrogens with one attached hydrogen (secondary N) is 1. The number of carbonyl (C=O) groups is 1. The van der Waals surface area contributed by atoms with Gasteiger partial charge >= 0.3 is 0 Å². The van der Waals surface area contributed by atoms with E-state index in [1.54, 1.807) is 18.2 Å². The molecule has 0 aromatic heterocycles. The Morgan fingerprint density at radius 2 is 1.83 bits per heavy atom. The van der Waals surface area contributed by atoms with Crippen molar-refractivity contribution in [2.24, 2.45) is 0 Å². The summed E-state index contributed by atoms with van der Waals surface area (Å²) < 4.78 is 26.9. The Hall–Kier alpha value is -2.22. The summed E-state index contributed by atoms with van der Waals surface area (Å²) >= 11 is 0. The number of hydrogen-bond donors (Lipinski definition) is 1. The van der Waals surface area contributed by atoms with Crippen LogP contribution in [0.25, 0.3) is 0 Å². The third kappa shape index (κ3) is 4.91. The second kappa shape index (κ2) is 9.73. The number of likely N-dealkylation sites (N-methyl/N-ethyl adjacent to an activating group) is 1. The highest BCUT2D eigenvalue weighted by atomic mass is 32.2. The average Bonchev–Trinajstić information content (AvgIpc) is 2.74. The van der Waals surface area contributed by atoms with E-state index in [4.69, 9.17) is 0 Å². The van der Waals surface area contributed by atoms with Crippen LogP contribution < -0.4 is 5.32 Å². The Balaban J connectivity index is 1.69. The second-order valence-corrected chi connectivity index (χ2v) is 9.63. The van der Waals surface area contributed by atoms with Gasteiger partial charge in [0.15, 0.2) is 0 Å². The van der Waals surface area contributed by atoms with E-state index in [-0.39, 0.29) is 23.4 Å². The molecule has 0 fully saturated rings. The number of rotatable bonds is 8. The van der Waals surface area contributed by atoms with Crippen LogP contribution in [0, 0.1) is 0 Å². The number of sulfonamides is 1. The molecular weight excluding hydrogens is 398 g/mol. The number of aryl methyl sites for hydroxylation is 1. The number of amides is 1. The van der Waals surface area contributed by atoms with Crippen molar-refractivity contribution in [1.29, 1.82) is 0 Å². The molecule has 0 radical (unpaired) electrons. The molecule has 0 saturated carbocycles. The van der Waals surface area contributed by atoms with Gasteiger partial charge in [-0.1, -0.05) is 44.2 Å². The lowest BCUT2D eigenvalue weighted by Crippen LogP contribution is -2.35. The van der Waals surface area contributed by atoms with Gasteiger partial charge in [-0.3, -0.25) is 9.69 Å². The number of benzene rings is 2. The Morgan fingerprint density at radius 3 is 2.57 bits per heavy atom. The van der Waals surface area contributed by atoms with Crippen molar-refractivity contribution >= 4 is 21.6 Å². The van der Waals surface area contributed by atoms with Crippen LogP contribution in [0.4, 0.5) is 5.69 Å². The van der Waals surface area contributed by atoms with Gasteiger partial charge in [-0.15, -0.1) is 0 Å². The molecule has 1 N–H and O–H groups in total. The van der Waals surface area contributed by atoms with Gasteiger partial charge in [0.2, 0.25) is 15.9 Å². The molecule has 6 nitrogen and oxygen atoms in total. The maximum Gasteiger partial charge on any atom is 0.243 e. The van der Waals surface area contributed by atoms with E-state index in [1.165, 1.54) is 21.5 Å². The van der Waals surface area contributed by atoms with Crippen molar-refractivity contribution in [2.75, 3.05) is 32.0 Å². The summed E-state index contributed by atoms with van der Waals surface area (Å²) in [5, 5.41) is 2.86. The fraction of sp³-hybridized carbons (Fsp3) is 0.435. The summed E-state index contributed by atoms with van der Waals surface area (Å²) in [6.45, 7) is 4.68. The minimum absolute atomic E-state index is 0.155. The Labute approximate surface area is 179 Å². The van der Waals surface area contributed by atoms with Gasteiger partial charge in [-0.25, -0.2) is 8.42 Å². The number of hydrogen-bond acceptors (Lipinski definition) is 4. The highest BCUT2D eigenvalue weighted by molar-refractivity contribution is 7.89.